The third-order valence-electron chi connectivity index (χ3n) is 4.74. The average molecular weight is 494 g/mol. The van der Waals surface area contributed by atoms with E-state index < -0.39 is 0 Å². The zero-order valence-corrected chi connectivity index (χ0v) is 18.8. The molecule has 2 aromatic rings. The number of rotatable bonds is 7. The number of hydrogen-bond acceptors (Lipinski definition) is 3. The summed E-state index contributed by atoms with van der Waals surface area (Å²) >= 11 is 0. The van der Waals surface area contributed by atoms with Crippen LogP contribution in [0.4, 0.5) is 5.69 Å². The molecule has 1 fully saturated rings. The van der Waals surface area contributed by atoms with Crippen LogP contribution in [0, 0.1) is 0 Å². The Labute approximate surface area is 185 Å². The summed E-state index contributed by atoms with van der Waals surface area (Å²) in [5.41, 5.74) is 1.17. The van der Waals surface area contributed by atoms with Crippen LogP contribution in [0.2, 0.25) is 0 Å². The van der Waals surface area contributed by atoms with Crippen molar-refractivity contribution in [1.82, 2.24) is 10.2 Å². The van der Waals surface area contributed by atoms with Crippen molar-refractivity contribution in [2.75, 3.05) is 38.5 Å². The number of nitrogens with one attached hydrogen (secondary N) is 2. The highest BCUT2D eigenvalue weighted by Gasteiger charge is 2.22. The molecule has 0 radical (unpaired) electrons. The van der Waals surface area contributed by atoms with Crippen molar-refractivity contribution in [2.45, 2.75) is 25.4 Å². The summed E-state index contributed by atoms with van der Waals surface area (Å²) in [6.45, 7) is 3.80. The van der Waals surface area contributed by atoms with Gasteiger partial charge in [-0.1, -0.05) is 36.4 Å². The lowest BCUT2D eigenvalue weighted by Crippen LogP contribution is -2.47. The minimum absolute atomic E-state index is 0. The monoisotopic (exact) mass is 494 g/mol. The van der Waals surface area contributed by atoms with Crippen LogP contribution in [0.5, 0.6) is 5.75 Å². The summed E-state index contributed by atoms with van der Waals surface area (Å²) in [5.74, 6) is 1.96. The zero-order valence-electron chi connectivity index (χ0n) is 16.5. The molecule has 0 atom stereocenters. The molecule has 1 aliphatic heterocycles. The van der Waals surface area contributed by atoms with Crippen LogP contribution in [0.1, 0.15) is 19.3 Å². The lowest BCUT2D eigenvalue weighted by molar-refractivity contribution is 0.129. The molecule has 1 aliphatic rings. The van der Waals surface area contributed by atoms with Crippen molar-refractivity contribution in [3.63, 3.8) is 0 Å². The van der Waals surface area contributed by atoms with Crippen LogP contribution in [0.25, 0.3) is 0 Å². The number of anilines is 1. The van der Waals surface area contributed by atoms with Crippen LogP contribution in [-0.4, -0.2) is 50.2 Å². The van der Waals surface area contributed by atoms with E-state index in [2.05, 4.69) is 32.7 Å². The summed E-state index contributed by atoms with van der Waals surface area (Å²) in [7, 11) is 1.86. The van der Waals surface area contributed by atoms with E-state index in [1.165, 1.54) is 5.69 Å². The molecule has 0 aromatic heterocycles. The van der Waals surface area contributed by atoms with Gasteiger partial charge in [0.2, 0.25) is 0 Å². The van der Waals surface area contributed by atoms with E-state index in [1.807, 2.05) is 55.6 Å². The minimum atomic E-state index is 0. The van der Waals surface area contributed by atoms with Gasteiger partial charge in [-0.05, 0) is 30.7 Å². The average Bonchev–Trinajstić information content (AvgIpc) is 2.73. The lowest BCUT2D eigenvalue weighted by atomic mass is 10.1. The normalized spacial score (nSPS) is 14.9. The van der Waals surface area contributed by atoms with Crippen molar-refractivity contribution >= 4 is 35.6 Å². The number of benzene rings is 2. The zero-order chi connectivity index (χ0) is 18.7. The summed E-state index contributed by atoms with van der Waals surface area (Å²) in [5, 5.41) is 6.92. The first-order valence-corrected chi connectivity index (χ1v) is 9.81. The maximum Gasteiger partial charge on any atom is 0.193 e. The Hall–Kier alpha value is -1.96. The largest absolute Gasteiger partial charge is 0.490 e. The third-order valence-corrected chi connectivity index (χ3v) is 4.74. The van der Waals surface area contributed by atoms with Crippen LogP contribution in [0.15, 0.2) is 65.7 Å². The molecule has 0 saturated carbocycles. The fraction of sp³-hybridized carbons (Fsp3) is 0.409. The molecule has 0 amide bonds. The molecular formula is C22H31IN4O. The van der Waals surface area contributed by atoms with Gasteiger partial charge in [-0.3, -0.25) is 4.99 Å². The molecule has 1 heterocycles. The third kappa shape index (κ3) is 7.22. The smallest absolute Gasteiger partial charge is 0.193 e. The summed E-state index contributed by atoms with van der Waals surface area (Å²) in [6.07, 6.45) is 3.37. The first-order valence-electron chi connectivity index (χ1n) is 9.81. The first-order chi connectivity index (χ1) is 13.3. The van der Waals surface area contributed by atoms with Crippen LogP contribution >= 0.6 is 24.0 Å². The predicted molar refractivity (Wildman–Crippen MR) is 128 cm³/mol. The van der Waals surface area contributed by atoms with E-state index >= 15 is 0 Å². The van der Waals surface area contributed by atoms with Gasteiger partial charge in [0.05, 0.1) is 0 Å². The number of hydrogen-bond donors (Lipinski definition) is 2. The van der Waals surface area contributed by atoms with Gasteiger partial charge in [0.15, 0.2) is 5.96 Å². The fourth-order valence-electron chi connectivity index (χ4n) is 3.29. The number of nitrogens with zero attached hydrogens (tertiary/aromatic N) is 2. The highest BCUT2D eigenvalue weighted by Crippen LogP contribution is 2.18. The molecule has 0 spiro atoms. The molecule has 5 nitrogen and oxygen atoms in total. The van der Waals surface area contributed by atoms with Crippen LogP contribution in [0.3, 0.4) is 0 Å². The molecule has 3 rings (SSSR count). The van der Waals surface area contributed by atoms with Crippen LogP contribution in [-0.2, 0) is 0 Å². The van der Waals surface area contributed by atoms with Gasteiger partial charge in [0.1, 0.15) is 11.9 Å². The van der Waals surface area contributed by atoms with Gasteiger partial charge in [-0.15, -0.1) is 24.0 Å². The van der Waals surface area contributed by atoms with Gasteiger partial charge in [-0.2, -0.15) is 0 Å². The maximum absolute atomic E-state index is 6.08. The Bertz CT molecular complexity index is 688. The van der Waals surface area contributed by atoms with Crippen molar-refractivity contribution in [1.29, 1.82) is 0 Å². The number of guanidine groups is 1. The SMILES string of the molecule is CN=C(NCCCNc1ccccc1)N1CCC(Oc2ccccc2)CC1.I. The number of likely N-dealkylation sites (tertiary alicyclic amines) is 1. The quantitative estimate of drug-likeness (QED) is 0.262. The van der Waals surface area contributed by atoms with E-state index in [4.69, 9.17) is 4.74 Å². The van der Waals surface area contributed by atoms with Gasteiger partial charge in [-0.25, -0.2) is 0 Å². The molecule has 0 unspecified atom stereocenters. The standard InChI is InChI=1S/C22H30N4O.HI/c1-23-22(25-16-8-15-24-19-9-4-2-5-10-19)26-17-13-21(14-18-26)27-20-11-6-3-7-12-20;/h2-7,9-12,21,24H,8,13-18H2,1H3,(H,23,25);1H. The van der Waals surface area contributed by atoms with Gasteiger partial charge in [0.25, 0.3) is 0 Å². The molecule has 1 saturated heterocycles. The molecule has 28 heavy (non-hydrogen) atoms. The second kappa shape index (κ2) is 12.5. The van der Waals surface area contributed by atoms with E-state index in [0.29, 0.717) is 0 Å². The topological polar surface area (TPSA) is 48.9 Å². The Morgan fingerprint density at radius 2 is 1.64 bits per heavy atom. The molecule has 2 N–H and O–H groups in total. The Balaban J connectivity index is 0.00000280. The summed E-state index contributed by atoms with van der Waals surface area (Å²) in [4.78, 5) is 6.78. The number of halogens is 1. The van der Waals surface area contributed by atoms with E-state index in [-0.39, 0.29) is 30.1 Å². The highest BCUT2D eigenvalue weighted by molar-refractivity contribution is 14.0. The van der Waals surface area contributed by atoms with Gasteiger partial charge in [0, 0.05) is 51.8 Å². The lowest BCUT2D eigenvalue weighted by Gasteiger charge is -2.34. The summed E-state index contributed by atoms with van der Waals surface area (Å²) in [6, 6.07) is 20.4. The molecule has 152 valence electrons. The van der Waals surface area contributed by atoms with E-state index in [1.54, 1.807) is 0 Å². The van der Waals surface area contributed by atoms with E-state index in [9.17, 15) is 0 Å². The number of piperidine rings is 1. The Morgan fingerprint density at radius 3 is 2.29 bits per heavy atom. The molecule has 0 bridgehead atoms. The van der Waals surface area contributed by atoms with Crippen molar-refractivity contribution < 1.29 is 4.74 Å². The number of para-hydroxylation sites is 2. The van der Waals surface area contributed by atoms with Crippen LogP contribution < -0.4 is 15.4 Å². The number of ether oxygens (including phenoxy) is 1. The van der Waals surface area contributed by atoms with Crippen molar-refractivity contribution in [3.05, 3.63) is 60.7 Å². The molecule has 2 aromatic carbocycles. The second-order valence-electron chi connectivity index (χ2n) is 6.74. The highest BCUT2D eigenvalue weighted by atomic mass is 127. The molecular weight excluding hydrogens is 463 g/mol. The van der Waals surface area contributed by atoms with Gasteiger partial charge >= 0.3 is 0 Å². The van der Waals surface area contributed by atoms with E-state index in [0.717, 1.165) is 57.2 Å². The molecule has 6 heteroatoms. The second-order valence-corrected chi connectivity index (χ2v) is 6.74. The first kappa shape index (κ1) is 22.3. The van der Waals surface area contributed by atoms with Gasteiger partial charge < -0.3 is 20.3 Å². The van der Waals surface area contributed by atoms with Crippen molar-refractivity contribution in [3.8, 4) is 5.75 Å². The van der Waals surface area contributed by atoms with Crippen molar-refractivity contribution in [2.24, 2.45) is 4.99 Å². The Kier molecular flexibility index (Phi) is 9.96. The fourth-order valence-corrected chi connectivity index (χ4v) is 3.29. The predicted octanol–water partition coefficient (Wildman–Crippen LogP) is 4.23. The number of aliphatic imine (C=N–C) groups is 1. The minimum Gasteiger partial charge on any atom is -0.490 e. The summed E-state index contributed by atoms with van der Waals surface area (Å²) < 4.78 is 6.08. The maximum atomic E-state index is 6.08. The Morgan fingerprint density at radius 1 is 1.00 bits per heavy atom. The molecule has 0 aliphatic carbocycles.